The third-order valence-electron chi connectivity index (χ3n) is 7.23. The Balaban J connectivity index is 1.53. The highest BCUT2D eigenvalue weighted by atomic mass is 19.1. The molecule has 1 fully saturated rings. The molecule has 0 N–H and O–H groups in total. The molecule has 1 saturated heterocycles. The Morgan fingerprint density at radius 2 is 1.97 bits per heavy atom. The maximum atomic E-state index is 15.0. The highest BCUT2D eigenvalue weighted by Gasteiger charge is 2.34. The van der Waals surface area contributed by atoms with Crippen molar-refractivity contribution in [2.75, 3.05) is 38.7 Å². The predicted molar refractivity (Wildman–Crippen MR) is 148 cm³/mol. The van der Waals surface area contributed by atoms with Crippen LogP contribution in [0.3, 0.4) is 0 Å². The molecule has 1 aliphatic rings. The van der Waals surface area contributed by atoms with Crippen LogP contribution in [0.4, 0.5) is 10.2 Å². The van der Waals surface area contributed by atoms with E-state index in [1.807, 2.05) is 66.2 Å². The van der Waals surface area contributed by atoms with Crippen LogP contribution < -0.4 is 4.90 Å². The molecule has 0 saturated carbocycles. The Bertz CT molecular complexity index is 1650. The van der Waals surface area contributed by atoms with Crippen molar-refractivity contribution in [2.24, 2.45) is 0 Å². The number of rotatable bonds is 7. The Labute approximate surface area is 225 Å². The summed E-state index contributed by atoms with van der Waals surface area (Å²) in [5, 5.41) is 5.37. The molecular weight excluding hydrogens is 497 g/mol. The number of carbonyl (C=O) groups excluding carboxylic acids is 1. The van der Waals surface area contributed by atoms with Crippen molar-refractivity contribution >= 4 is 28.5 Å². The number of likely N-dealkylation sites (tertiary alicyclic amines) is 1. The van der Waals surface area contributed by atoms with E-state index in [0.717, 1.165) is 22.3 Å². The first-order valence-corrected chi connectivity index (χ1v) is 13.0. The average Bonchev–Trinajstić information content (AvgIpc) is 3.63. The van der Waals surface area contributed by atoms with Crippen LogP contribution in [0, 0.1) is 0 Å². The van der Waals surface area contributed by atoms with Crippen molar-refractivity contribution in [1.82, 2.24) is 29.0 Å². The van der Waals surface area contributed by atoms with Crippen molar-refractivity contribution in [3.63, 3.8) is 0 Å². The lowest BCUT2D eigenvalue weighted by molar-refractivity contribution is 0.0528. The number of nitrogens with zero attached hydrogens (tertiary/aromatic N) is 7. The highest BCUT2D eigenvalue weighted by Crippen LogP contribution is 2.36. The molecule has 39 heavy (non-hydrogen) atoms. The summed E-state index contributed by atoms with van der Waals surface area (Å²) in [5.41, 5.74) is 3.97. The number of pyridine rings is 1. The molecular formula is C29H30FN7O2. The van der Waals surface area contributed by atoms with E-state index in [2.05, 4.69) is 27.1 Å². The minimum Gasteiger partial charge on any atom is -0.462 e. The van der Waals surface area contributed by atoms with Crippen LogP contribution in [0.25, 0.3) is 27.9 Å². The molecule has 9 nitrogen and oxygen atoms in total. The number of likely N-dealkylation sites (N-methyl/N-ethyl adjacent to an activating group) is 1. The van der Waals surface area contributed by atoms with E-state index in [-0.39, 0.29) is 18.2 Å². The van der Waals surface area contributed by atoms with Crippen LogP contribution in [0.1, 0.15) is 28.9 Å². The van der Waals surface area contributed by atoms with E-state index in [1.165, 1.54) is 6.20 Å². The van der Waals surface area contributed by atoms with Gasteiger partial charge in [-0.05, 0) is 31.7 Å². The van der Waals surface area contributed by atoms with Crippen molar-refractivity contribution in [1.29, 1.82) is 0 Å². The molecule has 1 aliphatic heterocycles. The van der Waals surface area contributed by atoms with Crippen molar-refractivity contribution < 1.29 is 13.9 Å². The summed E-state index contributed by atoms with van der Waals surface area (Å²) < 4.78 is 23.9. The number of benzene rings is 1. The fourth-order valence-electron chi connectivity index (χ4n) is 5.38. The van der Waals surface area contributed by atoms with Gasteiger partial charge in [0, 0.05) is 56.1 Å². The zero-order valence-corrected chi connectivity index (χ0v) is 22.2. The average molecular weight is 528 g/mol. The first-order valence-electron chi connectivity index (χ1n) is 13.0. The van der Waals surface area contributed by atoms with Crippen LogP contribution in [0.2, 0.25) is 0 Å². The summed E-state index contributed by atoms with van der Waals surface area (Å²) in [4.78, 5) is 26.4. The minimum absolute atomic E-state index is 0.246. The van der Waals surface area contributed by atoms with Gasteiger partial charge in [-0.3, -0.25) is 0 Å². The number of hydrogen-bond acceptors (Lipinski definition) is 7. The van der Waals surface area contributed by atoms with Gasteiger partial charge in [0.15, 0.2) is 5.65 Å². The molecule has 6 rings (SSSR count). The van der Waals surface area contributed by atoms with Gasteiger partial charge in [-0.25, -0.2) is 19.2 Å². The first-order chi connectivity index (χ1) is 18.9. The molecule has 2 atom stereocenters. The molecule has 0 spiro atoms. The molecule has 0 aliphatic carbocycles. The number of alkyl halides is 1. The lowest BCUT2D eigenvalue weighted by Gasteiger charge is -2.21. The lowest BCUT2D eigenvalue weighted by atomic mass is 10.1. The van der Waals surface area contributed by atoms with Gasteiger partial charge in [0.1, 0.15) is 23.2 Å². The number of hydrogen-bond donors (Lipinski definition) is 0. The zero-order valence-electron chi connectivity index (χ0n) is 22.2. The number of anilines is 1. The number of esters is 1. The summed E-state index contributed by atoms with van der Waals surface area (Å²) in [6.45, 7) is 3.60. The smallest absolute Gasteiger partial charge is 0.343 e. The Kier molecular flexibility index (Phi) is 6.48. The third kappa shape index (κ3) is 4.50. The molecule has 1 unspecified atom stereocenters. The van der Waals surface area contributed by atoms with Crippen molar-refractivity contribution in [3.8, 4) is 11.3 Å². The van der Waals surface area contributed by atoms with E-state index >= 15 is 4.39 Å². The quantitative estimate of drug-likeness (QED) is 0.291. The summed E-state index contributed by atoms with van der Waals surface area (Å²) >= 11 is 0. The second kappa shape index (κ2) is 10.1. The number of ether oxygens (including phenoxy) is 1. The monoisotopic (exact) mass is 527 g/mol. The second-order valence-electron chi connectivity index (χ2n) is 9.98. The largest absolute Gasteiger partial charge is 0.462 e. The van der Waals surface area contributed by atoms with E-state index in [1.54, 1.807) is 17.6 Å². The summed E-state index contributed by atoms with van der Waals surface area (Å²) in [7, 11) is 3.90. The molecule has 200 valence electrons. The maximum absolute atomic E-state index is 15.0. The topological polar surface area (TPSA) is 80.8 Å². The third-order valence-corrected chi connectivity index (χ3v) is 7.23. The fourth-order valence-corrected chi connectivity index (χ4v) is 5.38. The molecule has 0 amide bonds. The van der Waals surface area contributed by atoms with Gasteiger partial charge < -0.3 is 19.1 Å². The predicted octanol–water partition coefficient (Wildman–Crippen LogP) is 4.38. The highest BCUT2D eigenvalue weighted by molar-refractivity contribution is 5.98. The van der Waals surface area contributed by atoms with Gasteiger partial charge in [0.2, 0.25) is 0 Å². The van der Waals surface area contributed by atoms with E-state index in [9.17, 15) is 4.79 Å². The van der Waals surface area contributed by atoms with Crippen LogP contribution in [0.15, 0.2) is 67.1 Å². The number of halogens is 1. The lowest BCUT2D eigenvalue weighted by Crippen LogP contribution is -2.20. The minimum atomic E-state index is -1.01. The van der Waals surface area contributed by atoms with Crippen molar-refractivity contribution in [2.45, 2.75) is 25.7 Å². The van der Waals surface area contributed by atoms with Crippen LogP contribution in [-0.2, 0) is 11.3 Å². The zero-order chi connectivity index (χ0) is 27.1. The van der Waals surface area contributed by atoms with Crippen LogP contribution >= 0.6 is 0 Å². The molecule has 1 aromatic carbocycles. The molecule has 5 aromatic rings. The van der Waals surface area contributed by atoms with Gasteiger partial charge in [-0.1, -0.05) is 30.3 Å². The Morgan fingerprint density at radius 3 is 2.72 bits per heavy atom. The normalized spacial score (nSPS) is 17.7. The molecule has 5 heterocycles. The Morgan fingerprint density at radius 1 is 1.15 bits per heavy atom. The summed E-state index contributed by atoms with van der Waals surface area (Å²) in [6.07, 6.45) is 4.15. The van der Waals surface area contributed by atoms with Crippen LogP contribution in [-0.4, -0.2) is 75.0 Å². The number of fused-ring (bicyclic) bond motifs is 2. The SMILES string of the molecule is CCOC(=O)c1cnn2c(N(C)Cc3ccccc3)cc(-c3cn(C4CN(C)C[C@@H]4F)c4ncccc34)nc12. The molecule has 10 heteroatoms. The Hall–Kier alpha value is -4.31. The molecule has 0 bridgehead atoms. The summed E-state index contributed by atoms with van der Waals surface area (Å²) in [6, 6.07) is 15.6. The van der Waals surface area contributed by atoms with Gasteiger partial charge in [0.05, 0.1) is 24.5 Å². The molecule has 4 aromatic heterocycles. The van der Waals surface area contributed by atoms with Gasteiger partial charge in [-0.15, -0.1) is 0 Å². The van der Waals surface area contributed by atoms with Gasteiger partial charge >= 0.3 is 5.97 Å². The summed E-state index contributed by atoms with van der Waals surface area (Å²) in [5.74, 6) is 0.273. The van der Waals surface area contributed by atoms with Gasteiger partial charge in [0.25, 0.3) is 0 Å². The van der Waals surface area contributed by atoms with E-state index < -0.39 is 12.1 Å². The first kappa shape index (κ1) is 25.0. The van der Waals surface area contributed by atoms with Crippen LogP contribution in [0.5, 0.6) is 0 Å². The maximum Gasteiger partial charge on any atom is 0.343 e. The van der Waals surface area contributed by atoms with E-state index in [0.29, 0.717) is 36.6 Å². The number of aromatic nitrogens is 5. The molecule has 0 radical (unpaired) electrons. The van der Waals surface area contributed by atoms with Crippen molar-refractivity contribution in [3.05, 3.63) is 78.2 Å². The number of carbonyl (C=O) groups is 1. The fraction of sp³-hybridized carbons (Fsp3) is 0.310. The second-order valence-corrected chi connectivity index (χ2v) is 9.98. The van der Waals surface area contributed by atoms with E-state index in [4.69, 9.17) is 9.72 Å². The van der Waals surface area contributed by atoms with Gasteiger partial charge in [-0.2, -0.15) is 9.61 Å². The standard InChI is InChI=1S/C29H30FN7O2/c1-4-39-29(38)21-14-32-37-26(35(3)15-19-9-6-5-7-10-19)13-24(33-28(21)37)22-16-36(25-18-34(2)17-23(25)30)27-20(22)11-8-12-31-27/h5-14,16,23,25H,4,15,17-18H2,1-3H3/t23-,25?/m0/s1.